The van der Waals surface area contributed by atoms with Crippen molar-refractivity contribution in [3.05, 3.63) is 46.5 Å². The number of hydrogen-bond acceptors (Lipinski definition) is 2. The number of anilines is 1. The van der Waals surface area contributed by atoms with E-state index < -0.39 is 0 Å². The summed E-state index contributed by atoms with van der Waals surface area (Å²) in [6.45, 7) is 1.97. The third-order valence-electron chi connectivity index (χ3n) is 3.18. The van der Waals surface area contributed by atoms with Crippen LogP contribution in [-0.4, -0.2) is 4.40 Å². The Bertz CT molecular complexity index is 825. The molecule has 0 atom stereocenters. The molecule has 2 heterocycles. The van der Waals surface area contributed by atoms with Gasteiger partial charge in [-0.1, -0.05) is 17.7 Å². The zero-order chi connectivity index (χ0) is 12.9. The second-order valence-electron chi connectivity index (χ2n) is 4.30. The number of pyridine rings is 1. The van der Waals surface area contributed by atoms with Gasteiger partial charge in [0.1, 0.15) is 5.82 Å². The minimum absolute atomic E-state index is 0.546. The number of aryl methyl sites for hydroxylation is 1. The van der Waals surface area contributed by atoms with Gasteiger partial charge in [0.25, 0.3) is 0 Å². The summed E-state index contributed by atoms with van der Waals surface area (Å²) in [6, 6.07) is 11.5. The highest BCUT2D eigenvalue weighted by Gasteiger charge is 2.10. The van der Waals surface area contributed by atoms with E-state index in [2.05, 4.69) is 6.07 Å². The van der Waals surface area contributed by atoms with Gasteiger partial charge in [0.15, 0.2) is 0 Å². The standard InChI is InChI=1S/C14H10ClN3/c1-8-12(15)3-2-10-6-11-4-9(7-16)5-13(17)18(11)14(8)10/h2-6H,17H2,1H3. The largest absolute Gasteiger partial charge is 0.385 e. The molecule has 2 N–H and O–H groups in total. The average molecular weight is 256 g/mol. The second-order valence-corrected chi connectivity index (χ2v) is 4.70. The molecule has 0 spiro atoms. The van der Waals surface area contributed by atoms with Gasteiger partial charge in [-0.25, -0.2) is 0 Å². The summed E-state index contributed by atoms with van der Waals surface area (Å²) in [5.74, 6) is 0.546. The van der Waals surface area contributed by atoms with Gasteiger partial charge in [0.05, 0.1) is 17.1 Å². The normalized spacial score (nSPS) is 10.9. The van der Waals surface area contributed by atoms with Crippen LogP contribution in [0.15, 0.2) is 30.3 Å². The van der Waals surface area contributed by atoms with Crippen molar-refractivity contribution >= 4 is 33.8 Å². The number of rotatable bonds is 0. The van der Waals surface area contributed by atoms with Gasteiger partial charge < -0.3 is 5.73 Å². The van der Waals surface area contributed by atoms with E-state index in [1.807, 2.05) is 35.6 Å². The number of benzene rings is 1. The number of hydrogen-bond donors (Lipinski definition) is 1. The second kappa shape index (κ2) is 3.66. The van der Waals surface area contributed by atoms with Crippen LogP contribution in [0.3, 0.4) is 0 Å². The Morgan fingerprint density at radius 2 is 2.06 bits per heavy atom. The van der Waals surface area contributed by atoms with Gasteiger partial charge in [0, 0.05) is 15.9 Å². The first-order valence-corrected chi connectivity index (χ1v) is 5.89. The molecule has 3 rings (SSSR count). The summed E-state index contributed by atoms with van der Waals surface area (Å²) >= 11 is 6.15. The van der Waals surface area contributed by atoms with Gasteiger partial charge in [-0.05, 0) is 36.8 Å². The third-order valence-corrected chi connectivity index (χ3v) is 3.58. The highest BCUT2D eigenvalue weighted by molar-refractivity contribution is 6.32. The summed E-state index contributed by atoms with van der Waals surface area (Å²) < 4.78 is 1.93. The number of fused-ring (bicyclic) bond motifs is 3. The maximum Gasteiger partial charge on any atom is 0.109 e. The molecule has 0 saturated heterocycles. The predicted molar refractivity (Wildman–Crippen MR) is 73.8 cm³/mol. The number of nitriles is 1. The molecule has 0 saturated carbocycles. The van der Waals surface area contributed by atoms with Crippen molar-refractivity contribution in [2.24, 2.45) is 0 Å². The van der Waals surface area contributed by atoms with E-state index in [1.54, 1.807) is 6.07 Å². The molecule has 0 aliphatic rings. The molecule has 0 radical (unpaired) electrons. The van der Waals surface area contributed by atoms with Crippen LogP contribution >= 0.6 is 11.6 Å². The zero-order valence-corrected chi connectivity index (χ0v) is 10.5. The monoisotopic (exact) mass is 255 g/mol. The van der Waals surface area contributed by atoms with Gasteiger partial charge in [0.2, 0.25) is 0 Å². The molecule has 88 valence electrons. The summed E-state index contributed by atoms with van der Waals surface area (Å²) in [7, 11) is 0. The summed E-state index contributed by atoms with van der Waals surface area (Å²) in [5, 5.41) is 10.7. The molecule has 2 aromatic heterocycles. The molecule has 0 aliphatic carbocycles. The van der Waals surface area contributed by atoms with E-state index in [1.165, 1.54) is 0 Å². The highest BCUT2D eigenvalue weighted by Crippen LogP contribution is 2.30. The Balaban J connectivity index is 2.59. The van der Waals surface area contributed by atoms with Crippen LogP contribution in [0.25, 0.3) is 16.4 Å². The fourth-order valence-electron chi connectivity index (χ4n) is 2.34. The first-order chi connectivity index (χ1) is 8.61. The van der Waals surface area contributed by atoms with Gasteiger partial charge in [-0.2, -0.15) is 5.26 Å². The van der Waals surface area contributed by atoms with Gasteiger partial charge in [-0.3, -0.25) is 4.40 Å². The third kappa shape index (κ3) is 1.36. The number of nitrogen functional groups attached to an aromatic ring is 1. The van der Waals surface area contributed by atoms with Crippen molar-refractivity contribution in [3.63, 3.8) is 0 Å². The molecular weight excluding hydrogens is 246 g/mol. The van der Waals surface area contributed by atoms with Crippen molar-refractivity contribution < 1.29 is 0 Å². The lowest BCUT2D eigenvalue weighted by molar-refractivity contribution is 1.24. The van der Waals surface area contributed by atoms with Crippen molar-refractivity contribution in [3.8, 4) is 6.07 Å². The van der Waals surface area contributed by atoms with Crippen LogP contribution in [0.1, 0.15) is 11.1 Å². The molecule has 0 bridgehead atoms. The quantitative estimate of drug-likeness (QED) is 0.668. The molecular formula is C14H10ClN3. The first kappa shape index (κ1) is 10.9. The van der Waals surface area contributed by atoms with Crippen LogP contribution in [0.2, 0.25) is 5.02 Å². The fourth-order valence-corrected chi connectivity index (χ4v) is 2.49. The molecule has 3 aromatic rings. The Morgan fingerprint density at radius 1 is 1.28 bits per heavy atom. The van der Waals surface area contributed by atoms with Crippen molar-refractivity contribution in [1.82, 2.24) is 4.40 Å². The lowest BCUT2D eigenvalue weighted by atomic mass is 10.2. The Labute approximate surface area is 109 Å². The van der Waals surface area contributed by atoms with E-state index >= 15 is 0 Å². The summed E-state index contributed by atoms with van der Waals surface area (Å²) in [6.07, 6.45) is 0. The summed E-state index contributed by atoms with van der Waals surface area (Å²) in [5.41, 5.74) is 9.49. The lowest BCUT2D eigenvalue weighted by Crippen LogP contribution is -1.98. The maximum atomic E-state index is 8.96. The van der Waals surface area contributed by atoms with E-state index in [-0.39, 0.29) is 0 Å². The first-order valence-electron chi connectivity index (χ1n) is 5.51. The minimum Gasteiger partial charge on any atom is -0.385 e. The van der Waals surface area contributed by atoms with Crippen molar-refractivity contribution in [2.75, 3.05) is 5.73 Å². The fraction of sp³-hybridized carbons (Fsp3) is 0.0714. The van der Waals surface area contributed by atoms with Crippen molar-refractivity contribution in [2.45, 2.75) is 6.92 Å². The zero-order valence-electron chi connectivity index (χ0n) is 9.74. The smallest absolute Gasteiger partial charge is 0.109 e. The number of nitrogens with zero attached hydrogens (tertiary/aromatic N) is 2. The Kier molecular flexibility index (Phi) is 2.22. The molecule has 3 nitrogen and oxygen atoms in total. The number of nitrogens with two attached hydrogens (primary N) is 1. The van der Waals surface area contributed by atoms with Crippen LogP contribution < -0.4 is 5.73 Å². The van der Waals surface area contributed by atoms with E-state index in [0.717, 1.165) is 22.0 Å². The summed E-state index contributed by atoms with van der Waals surface area (Å²) in [4.78, 5) is 0. The van der Waals surface area contributed by atoms with Crippen LogP contribution in [-0.2, 0) is 0 Å². The van der Waals surface area contributed by atoms with Crippen LogP contribution in [0.5, 0.6) is 0 Å². The molecule has 0 fully saturated rings. The van der Waals surface area contributed by atoms with E-state index in [9.17, 15) is 0 Å². The average Bonchev–Trinajstić information content (AvgIpc) is 2.73. The SMILES string of the molecule is Cc1c(Cl)ccc2cc3cc(C#N)cc(N)n3c12. The molecule has 0 amide bonds. The van der Waals surface area contributed by atoms with E-state index in [4.69, 9.17) is 22.6 Å². The van der Waals surface area contributed by atoms with Gasteiger partial charge in [-0.15, -0.1) is 0 Å². The molecule has 0 unspecified atom stereocenters. The number of aromatic nitrogens is 1. The topological polar surface area (TPSA) is 54.2 Å². The van der Waals surface area contributed by atoms with Crippen molar-refractivity contribution in [1.29, 1.82) is 5.26 Å². The predicted octanol–water partition coefficient (Wildman–Crippen LogP) is 3.51. The van der Waals surface area contributed by atoms with Crippen LogP contribution in [0, 0.1) is 18.3 Å². The molecule has 4 heteroatoms. The lowest BCUT2D eigenvalue weighted by Gasteiger charge is -2.06. The Hall–Kier alpha value is -2.18. The molecule has 0 aliphatic heterocycles. The molecule has 1 aromatic carbocycles. The maximum absolute atomic E-state index is 8.96. The number of halogens is 1. The highest BCUT2D eigenvalue weighted by atomic mass is 35.5. The Morgan fingerprint density at radius 3 is 2.78 bits per heavy atom. The van der Waals surface area contributed by atoms with Gasteiger partial charge >= 0.3 is 0 Å². The minimum atomic E-state index is 0.546. The molecule has 18 heavy (non-hydrogen) atoms. The van der Waals surface area contributed by atoms with E-state index in [0.29, 0.717) is 16.4 Å². The van der Waals surface area contributed by atoms with Crippen LogP contribution in [0.4, 0.5) is 5.82 Å².